The van der Waals surface area contributed by atoms with Gasteiger partial charge in [0.05, 0.1) is 11.6 Å². The number of phenolic OH excluding ortho intramolecular Hbond substituents is 1. The van der Waals surface area contributed by atoms with Crippen LogP contribution >= 0.6 is 0 Å². The standard InChI is InChI=1S/C24H17NO6/c26-17-8-4-5-14(11-17)21-20(22(27)15-9-10-18-19(12-15)31-13-30-18)23(28)24(29)25(21)16-6-2-1-3-7-16/h1-12,21,26-27H,13H2/b22-20-. The summed E-state index contributed by atoms with van der Waals surface area (Å²) in [6.45, 7) is 0.0707. The number of hydrogen-bond acceptors (Lipinski definition) is 6. The minimum absolute atomic E-state index is 0.0146. The number of fused-ring (bicyclic) bond motifs is 1. The Kier molecular flexibility index (Phi) is 4.36. The van der Waals surface area contributed by atoms with E-state index in [0.717, 1.165) is 0 Å². The largest absolute Gasteiger partial charge is 0.508 e. The zero-order valence-corrected chi connectivity index (χ0v) is 16.2. The molecule has 2 N–H and O–H groups in total. The average Bonchev–Trinajstić information content (AvgIpc) is 3.36. The van der Waals surface area contributed by atoms with Crippen LogP contribution in [0.15, 0.2) is 78.4 Å². The number of aromatic hydroxyl groups is 1. The first-order valence-corrected chi connectivity index (χ1v) is 9.59. The molecule has 7 nitrogen and oxygen atoms in total. The summed E-state index contributed by atoms with van der Waals surface area (Å²) in [5.41, 5.74) is 1.24. The van der Waals surface area contributed by atoms with Gasteiger partial charge in [0.1, 0.15) is 11.5 Å². The Hall–Kier alpha value is -4.26. The van der Waals surface area contributed by atoms with Crippen LogP contribution in [0.5, 0.6) is 17.2 Å². The molecule has 0 aromatic heterocycles. The van der Waals surface area contributed by atoms with E-state index < -0.39 is 17.7 Å². The van der Waals surface area contributed by atoms with Gasteiger partial charge in [0.15, 0.2) is 11.5 Å². The molecule has 7 heteroatoms. The number of benzene rings is 3. The van der Waals surface area contributed by atoms with Gasteiger partial charge in [-0.15, -0.1) is 0 Å². The molecule has 1 saturated heterocycles. The van der Waals surface area contributed by atoms with E-state index >= 15 is 0 Å². The van der Waals surface area contributed by atoms with Gasteiger partial charge in [0.25, 0.3) is 11.7 Å². The monoisotopic (exact) mass is 415 g/mol. The second kappa shape index (κ2) is 7.21. The van der Waals surface area contributed by atoms with Crippen molar-refractivity contribution in [1.82, 2.24) is 0 Å². The van der Waals surface area contributed by atoms with E-state index in [1.54, 1.807) is 60.7 Å². The highest BCUT2D eigenvalue weighted by Gasteiger charge is 2.47. The molecule has 0 saturated carbocycles. The summed E-state index contributed by atoms with van der Waals surface area (Å²) < 4.78 is 10.7. The lowest BCUT2D eigenvalue weighted by Gasteiger charge is -2.25. The Morgan fingerprint density at radius 3 is 2.45 bits per heavy atom. The molecule has 31 heavy (non-hydrogen) atoms. The Morgan fingerprint density at radius 1 is 0.903 bits per heavy atom. The fourth-order valence-corrected chi connectivity index (χ4v) is 3.90. The third kappa shape index (κ3) is 3.07. The van der Waals surface area contributed by atoms with E-state index in [9.17, 15) is 19.8 Å². The van der Waals surface area contributed by atoms with Gasteiger partial charge in [-0.1, -0.05) is 30.3 Å². The van der Waals surface area contributed by atoms with E-state index in [4.69, 9.17) is 9.47 Å². The molecule has 1 fully saturated rings. The number of carbonyl (C=O) groups excluding carboxylic acids is 2. The summed E-state index contributed by atoms with van der Waals surface area (Å²) in [7, 11) is 0. The highest BCUT2D eigenvalue weighted by atomic mass is 16.7. The SMILES string of the molecule is O=C1C(=O)N(c2ccccc2)C(c2cccc(O)c2)/C1=C(/O)c1ccc2c(c1)OCO2. The van der Waals surface area contributed by atoms with Crippen LogP contribution in [0.2, 0.25) is 0 Å². The maximum absolute atomic E-state index is 13.1. The van der Waals surface area contributed by atoms with Crippen LogP contribution in [0.3, 0.4) is 0 Å². The van der Waals surface area contributed by atoms with Crippen LogP contribution in [0.1, 0.15) is 17.2 Å². The van der Waals surface area contributed by atoms with Crippen molar-refractivity contribution in [3.63, 3.8) is 0 Å². The smallest absolute Gasteiger partial charge is 0.300 e. The number of nitrogens with zero attached hydrogens (tertiary/aromatic N) is 1. The highest BCUT2D eigenvalue weighted by Crippen LogP contribution is 2.43. The molecule has 5 rings (SSSR count). The van der Waals surface area contributed by atoms with Gasteiger partial charge in [-0.25, -0.2) is 0 Å². The molecule has 3 aromatic carbocycles. The third-order valence-corrected chi connectivity index (χ3v) is 5.31. The number of phenols is 1. The van der Waals surface area contributed by atoms with Gasteiger partial charge in [-0.05, 0) is 48.0 Å². The molecule has 1 amide bonds. The fourth-order valence-electron chi connectivity index (χ4n) is 3.90. The van der Waals surface area contributed by atoms with Crippen LogP contribution in [0.4, 0.5) is 5.69 Å². The van der Waals surface area contributed by atoms with E-state index in [0.29, 0.717) is 28.3 Å². The number of rotatable bonds is 3. The van der Waals surface area contributed by atoms with E-state index in [1.165, 1.54) is 17.0 Å². The molecule has 2 aliphatic rings. The summed E-state index contributed by atoms with van der Waals surface area (Å²) in [5, 5.41) is 21.1. The zero-order chi connectivity index (χ0) is 21.5. The Morgan fingerprint density at radius 2 is 1.68 bits per heavy atom. The average molecular weight is 415 g/mol. The molecule has 0 radical (unpaired) electrons. The maximum Gasteiger partial charge on any atom is 0.300 e. The highest BCUT2D eigenvalue weighted by molar-refractivity contribution is 6.51. The van der Waals surface area contributed by atoms with Crippen molar-refractivity contribution < 1.29 is 29.3 Å². The summed E-state index contributed by atoms with van der Waals surface area (Å²) in [6, 6.07) is 18.9. The summed E-state index contributed by atoms with van der Waals surface area (Å²) in [5.74, 6) is -0.946. The lowest BCUT2D eigenvalue weighted by molar-refractivity contribution is -0.132. The van der Waals surface area contributed by atoms with Crippen LogP contribution in [0, 0.1) is 0 Å². The van der Waals surface area contributed by atoms with Gasteiger partial charge in [-0.2, -0.15) is 0 Å². The van der Waals surface area contributed by atoms with Crippen molar-refractivity contribution in [2.24, 2.45) is 0 Å². The Bertz CT molecular complexity index is 1230. The molecule has 3 aromatic rings. The molecule has 1 unspecified atom stereocenters. The molecule has 2 heterocycles. The third-order valence-electron chi connectivity index (χ3n) is 5.31. The number of anilines is 1. The molecule has 1 atom stereocenters. The predicted molar refractivity (Wildman–Crippen MR) is 112 cm³/mol. The molecule has 2 aliphatic heterocycles. The van der Waals surface area contributed by atoms with Gasteiger partial charge in [0.2, 0.25) is 6.79 Å². The normalized spacial score (nSPS) is 19.1. The Balaban J connectivity index is 1.71. The first-order chi connectivity index (χ1) is 15.0. The second-order valence-corrected chi connectivity index (χ2v) is 7.17. The minimum Gasteiger partial charge on any atom is -0.508 e. The molecule has 0 aliphatic carbocycles. The minimum atomic E-state index is -0.917. The number of para-hydroxylation sites is 1. The van der Waals surface area contributed by atoms with Crippen molar-refractivity contribution >= 4 is 23.1 Å². The predicted octanol–water partition coefficient (Wildman–Crippen LogP) is 3.75. The van der Waals surface area contributed by atoms with Crippen molar-refractivity contribution in [2.45, 2.75) is 6.04 Å². The second-order valence-electron chi connectivity index (χ2n) is 7.17. The van der Waals surface area contributed by atoms with Crippen LogP contribution < -0.4 is 14.4 Å². The van der Waals surface area contributed by atoms with E-state index in [-0.39, 0.29) is 23.9 Å². The summed E-state index contributed by atoms with van der Waals surface area (Å²) in [4.78, 5) is 27.4. The zero-order valence-electron chi connectivity index (χ0n) is 16.2. The fraction of sp³-hybridized carbons (Fsp3) is 0.0833. The Labute approximate surface area is 177 Å². The van der Waals surface area contributed by atoms with Gasteiger partial charge < -0.3 is 19.7 Å². The van der Waals surface area contributed by atoms with Crippen molar-refractivity contribution in [3.05, 3.63) is 89.5 Å². The van der Waals surface area contributed by atoms with Crippen molar-refractivity contribution in [1.29, 1.82) is 0 Å². The van der Waals surface area contributed by atoms with Crippen molar-refractivity contribution in [2.75, 3.05) is 11.7 Å². The number of aliphatic hydroxyl groups is 1. The number of hydrogen-bond donors (Lipinski definition) is 2. The molecule has 154 valence electrons. The molecule has 0 bridgehead atoms. The van der Waals surface area contributed by atoms with Crippen LogP contribution in [0.25, 0.3) is 5.76 Å². The maximum atomic E-state index is 13.1. The van der Waals surface area contributed by atoms with E-state index in [1.807, 2.05) is 0 Å². The summed E-state index contributed by atoms with van der Waals surface area (Å²) >= 11 is 0. The summed E-state index contributed by atoms with van der Waals surface area (Å²) in [6.07, 6.45) is 0. The number of ketones is 1. The lowest BCUT2D eigenvalue weighted by atomic mass is 9.95. The quantitative estimate of drug-likeness (QED) is 0.384. The molecular weight excluding hydrogens is 398 g/mol. The number of carbonyl (C=O) groups is 2. The van der Waals surface area contributed by atoms with Crippen LogP contribution in [-0.2, 0) is 9.59 Å². The first-order valence-electron chi connectivity index (χ1n) is 9.59. The lowest BCUT2D eigenvalue weighted by Crippen LogP contribution is -2.29. The van der Waals surface area contributed by atoms with Gasteiger partial charge in [0, 0.05) is 11.3 Å². The van der Waals surface area contributed by atoms with Gasteiger partial charge >= 0.3 is 0 Å². The van der Waals surface area contributed by atoms with Crippen LogP contribution in [-0.4, -0.2) is 28.7 Å². The van der Waals surface area contributed by atoms with E-state index in [2.05, 4.69) is 0 Å². The molecular formula is C24H17NO6. The first kappa shape index (κ1) is 18.7. The number of amides is 1. The number of aliphatic hydroxyl groups excluding tert-OH is 1. The molecule has 0 spiro atoms. The number of ether oxygens (including phenoxy) is 2. The van der Waals surface area contributed by atoms with Crippen molar-refractivity contribution in [3.8, 4) is 17.2 Å². The van der Waals surface area contributed by atoms with Gasteiger partial charge in [-0.3, -0.25) is 14.5 Å². The number of Topliss-reactive ketones (excluding diaryl/α,β-unsaturated/α-hetero) is 1. The topological polar surface area (TPSA) is 96.3 Å².